The summed E-state index contributed by atoms with van der Waals surface area (Å²) in [6.07, 6.45) is 10.6. The third-order valence-corrected chi connectivity index (χ3v) is 6.20. The highest BCUT2D eigenvalue weighted by Crippen LogP contribution is 2.16. The molecule has 3 rings (SSSR count). The summed E-state index contributed by atoms with van der Waals surface area (Å²) in [4.78, 5) is 18.7. The Hall–Kier alpha value is -2.50. The van der Waals surface area contributed by atoms with Crippen LogP contribution in [0.25, 0.3) is 0 Å². The fraction of sp³-hybridized carbons (Fsp3) is 0.591. The van der Waals surface area contributed by atoms with Gasteiger partial charge in [0.2, 0.25) is 16.9 Å². The highest BCUT2D eigenvalue weighted by atomic mass is 32.2. The van der Waals surface area contributed by atoms with Gasteiger partial charge in [0, 0.05) is 37.5 Å². The predicted octanol–water partition coefficient (Wildman–Crippen LogP) is 1.67. The van der Waals surface area contributed by atoms with Crippen LogP contribution in [0.3, 0.4) is 0 Å². The van der Waals surface area contributed by atoms with Gasteiger partial charge in [0.1, 0.15) is 6.61 Å². The lowest BCUT2D eigenvalue weighted by atomic mass is 10.1. The number of aliphatic hydroxyl groups excluding tert-OH is 1. The summed E-state index contributed by atoms with van der Waals surface area (Å²) >= 11 is 1.48. The minimum atomic E-state index is -0.0127. The number of pyridine rings is 1. The van der Waals surface area contributed by atoms with Crippen LogP contribution < -0.4 is 10.1 Å². The lowest BCUT2D eigenvalue weighted by Gasteiger charge is -2.26. The molecule has 0 bridgehead atoms. The Morgan fingerprint density at radius 3 is 3.00 bits per heavy atom. The minimum absolute atomic E-state index is 0.00296. The Morgan fingerprint density at radius 2 is 2.15 bits per heavy atom. The molecule has 3 heterocycles. The maximum absolute atomic E-state index is 12.0. The number of aliphatic hydroxyl groups is 1. The van der Waals surface area contributed by atoms with Crippen molar-refractivity contribution in [3.63, 3.8) is 0 Å². The predicted molar refractivity (Wildman–Crippen MR) is 126 cm³/mol. The highest BCUT2D eigenvalue weighted by molar-refractivity contribution is 7.99. The molecule has 11 heteroatoms. The molecule has 0 aromatic carbocycles. The Bertz CT molecular complexity index is 871. The number of rotatable bonds is 14. The smallest absolute Gasteiger partial charge is 0.220 e. The van der Waals surface area contributed by atoms with Gasteiger partial charge in [-0.3, -0.25) is 9.69 Å². The van der Waals surface area contributed by atoms with Crippen LogP contribution in [0.4, 0.5) is 0 Å². The van der Waals surface area contributed by atoms with Gasteiger partial charge in [0.25, 0.3) is 0 Å². The van der Waals surface area contributed by atoms with Crippen LogP contribution in [0.1, 0.15) is 37.7 Å². The van der Waals surface area contributed by atoms with Gasteiger partial charge in [0.05, 0.1) is 13.2 Å². The molecule has 2 aromatic rings. The van der Waals surface area contributed by atoms with Crippen molar-refractivity contribution in [1.82, 2.24) is 35.4 Å². The van der Waals surface area contributed by atoms with Gasteiger partial charge in [-0.05, 0) is 60.5 Å². The number of tetrazole rings is 1. The summed E-state index contributed by atoms with van der Waals surface area (Å²) in [5.74, 6) is 1.36. The zero-order valence-electron chi connectivity index (χ0n) is 18.9. The quantitative estimate of drug-likeness (QED) is 0.239. The van der Waals surface area contributed by atoms with E-state index in [4.69, 9.17) is 9.84 Å². The molecule has 0 unspecified atom stereocenters. The normalized spacial score (nSPS) is 14.6. The first-order valence-electron chi connectivity index (χ1n) is 11.5. The molecule has 0 saturated carbocycles. The second kappa shape index (κ2) is 14.6. The maximum Gasteiger partial charge on any atom is 0.220 e. The summed E-state index contributed by atoms with van der Waals surface area (Å²) in [6.45, 7) is 4.50. The fourth-order valence-corrected chi connectivity index (χ4v) is 4.32. The van der Waals surface area contributed by atoms with Crippen LogP contribution in [-0.4, -0.2) is 79.7 Å². The molecule has 0 atom stereocenters. The maximum atomic E-state index is 12.0. The van der Waals surface area contributed by atoms with Crippen molar-refractivity contribution in [1.29, 1.82) is 0 Å². The van der Waals surface area contributed by atoms with Gasteiger partial charge in [-0.25, -0.2) is 9.67 Å². The summed E-state index contributed by atoms with van der Waals surface area (Å²) in [5.41, 5.74) is 1.22. The topological polar surface area (TPSA) is 118 Å². The van der Waals surface area contributed by atoms with Gasteiger partial charge in [0.15, 0.2) is 0 Å². The molecular weight excluding hydrogens is 442 g/mol. The zero-order valence-corrected chi connectivity index (χ0v) is 19.8. The summed E-state index contributed by atoms with van der Waals surface area (Å²) in [6, 6.07) is 4.05. The number of likely N-dealkylation sites (tertiary alicyclic amines) is 1. The Labute approximate surface area is 198 Å². The van der Waals surface area contributed by atoms with Crippen LogP contribution in [0.5, 0.6) is 5.88 Å². The van der Waals surface area contributed by atoms with Crippen molar-refractivity contribution >= 4 is 17.7 Å². The first-order valence-corrected chi connectivity index (χ1v) is 12.4. The number of carbonyl (C=O) groups excluding carboxylic acids is 1. The zero-order chi connectivity index (χ0) is 23.1. The van der Waals surface area contributed by atoms with Crippen molar-refractivity contribution in [2.45, 2.75) is 50.4 Å². The van der Waals surface area contributed by atoms with Crippen LogP contribution in [0, 0.1) is 0 Å². The van der Waals surface area contributed by atoms with Gasteiger partial charge in [-0.1, -0.05) is 24.3 Å². The van der Waals surface area contributed by atoms with E-state index < -0.39 is 0 Å². The molecule has 0 aliphatic carbocycles. The third kappa shape index (κ3) is 9.48. The molecule has 0 radical (unpaired) electrons. The molecule has 1 amide bonds. The van der Waals surface area contributed by atoms with E-state index >= 15 is 0 Å². The van der Waals surface area contributed by atoms with Gasteiger partial charge < -0.3 is 15.2 Å². The molecule has 1 fully saturated rings. The average Bonchev–Trinajstić information content (AvgIpc) is 3.27. The minimum Gasteiger partial charge on any atom is -0.473 e. The van der Waals surface area contributed by atoms with E-state index in [0.29, 0.717) is 37.2 Å². The Balaban J connectivity index is 1.24. The number of carbonyl (C=O) groups is 1. The number of ether oxygens (including phenoxy) is 1. The number of amides is 1. The highest BCUT2D eigenvalue weighted by Gasteiger charge is 2.11. The molecule has 10 nitrogen and oxygen atoms in total. The number of nitrogens with zero attached hydrogens (tertiary/aromatic N) is 6. The van der Waals surface area contributed by atoms with Crippen LogP contribution in [0.2, 0.25) is 0 Å². The first-order chi connectivity index (χ1) is 16.2. The number of piperidine rings is 1. The van der Waals surface area contributed by atoms with Crippen molar-refractivity contribution < 1.29 is 14.6 Å². The summed E-state index contributed by atoms with van der Waals surface area (Å²) < 4.78 is 7.27. The van der Waals surface area contributed by atoms with E-state index in [1.807, 2.05) is 24.3 Å². The molecule has 1 saturated heterocycles. The van der Waals surface area contributed by atoms with Gasteiger partial charge in [-0.2, -0.15) is 0 Å². The Morgan fingerprint density at radius 1 is 1.27 bits per heavy atom. The van der Waals surface area contributed by atoms with Crippen molar-refractivity contribution in [2.75, 3.05) is 38.6 Å². The lowest BCUT2D eigenvalue weighted by molar-refractivity contribution is -0.120. The number of nitrogens with one attached hydrogen (secondary N) is 1. The summed E-state index contributed by atoms with van der Waals surface area (Å²) in [5, 5.41) is 23.8. The molecule has 1 aliphatic rings. The lowest BCUT2D eigenvalue weighted by Crippen LogP contribution is -2.29. The third-order valence-electron chi connectivity index (χ3n) is 5.16. The second-order valence-electron chi connectivity index (χ2n) is 7.79. The van der Waals surface area contributed by atoms with E-state index in [2.05, 4.69) is 30.7 Å². The molecular formula is C22H33N7O3S. The van der Waals surface area contributed by atoms with E-state index in [-0.39, 0.29) is 12.5 Å². The average molecular weight is 476 g/mol. The number of aromatic nitrogens is 5. The fourth-order valence-electron chi connectivity index (χ4n) is 3.48. The molecule has 1 aliphatic heterocycles. The van der Waals surface area contributed by atoms with Crippen molar-refractivity contribution in [3.8, 4) is 5.88 Å². The van der Waals surface area contributed by atoms with Crippen molar-refractivity contribution in [3.05, 3.63) is 36.0 Å². The van der Waals surface area contributed by atoms with Gasteiger partial charge in [-0.15, -0.1) is 5.10 Å². The largest absolute Gasteiger partial charge is 0.473 e. The van der Waals surface area contributed by atoms with Crippen LogP contribution in [-0.2, 0) is 17.9 Å². The number of hydrogen-bond acceptors (Lipinski definition) is 9. The van der Waals surface area contributed by atoms with Crippen LogP contribution in [0.15, 0.2) is 35.6 Å². The van der Waals surface area contributed by atoms with E-state index in [1.54, 1.807) is 10.9 Å². The van der Waals surface area contributed by atoms with Crippen molar-refractivity contribution in [2.24, 2.45) is 0 Å². The molecule has 33 heavy (non-hydrogen) atoms. The Kier molecular flexibility index (Phi) is 11.1. The molecule has 2 aromatic heterocycles. The SMILES string of the molecule is O=C(CCCSc1nnnn1CCO)NCC=CCOc1cc(CN2CCCCC2)ccn1. The van der Waals surface area contributed by atoms with Crippen LogP contribution >= 0.6 is 11.8 Å². The van der Waals surface area contributed by atoms with Gasteiger partial charge >= 0.3 is 0 Å². The molecule has 2 N–H and O–H groups in total. The standard InChI is InChI=1S/C22H33N7O3S/c30-14-13-29-22(25-26-27-29)33-16-6-7-20(31)23-9-2-5-15-32-21-17-19(8-10-24-21)18-28-11-3-1-4-12-28/h2,5,8,10,17,30H,1,3-4,6-7,9,11-16,18H2,(H,23,31). The number of hydrogen-bond donors (Lipinski definition) is 2. The van der Waals surface area contributed by atoms with E-state index in [0.717, 1.165) is 31.8 Å². The first kappa shape index (κ1) is 25.1. The molecule has 0 spiro atoms. The number of thioether (sulfide) groups is 1. The summed E-state index contributed by atoms with van der Waals surface area (Å²) in [7, 11) is 0. The van der Waals surface area contributed by atoms with E-state index in [1.165, 1.54) is 36.6 Å². The second-order valence-corrected chi connectivity index (χ2v) is 8.85. The molecule has 180 valence electrons. The monoisotopic (exact) mass is 475 g/mol. The van der Waals surface area contributed by atoms with E-state index in [9.17, 15) is 4.79 Å².